The minimum atomic E-state index is 0.161. The van der Waals surface area contributed by atoms with Gasteiger partial charge in [-0.1, -0.05) is 129 Å². The van der Waals surface area contributed by atoms with Crippen LogP contribution in [0.15, 0.2) is 134 Å². The first kappa shape index (κ1) is 35.2. The summed E-state index contributed by atoms with van der Waals surface area (Å²) >= 11 is 0. The summed E-state index contributed by atoms with van der Waals surface area (Å²) in [7, 11) is 1.97. The van der Waals surface area contributed by atoms with Crippen molar-refractivity contribution < 1.29 is 0 Å². The molecule has 0 spiro atoms. The molecule has 49 heavy (non-hydrogen) atoms. The van der Waals surface area contributed by atoms with Gasteiger partial charge in [0.2, 0.25) is 0 Å². The van der Waals surface area contributed by atoms with Gasteiger partial charge in [0.15, 0.2) is 0 Å². The lowest BCUT2D eigenvalue weighted by molar-refractivity contribution is 0.730. The van der Waals surface area contributed by atoms with Gasteiger partial charge in [0.25, 0.3) is 0 Å². The molecule has 5 aromatic carbocycles. The lowest BCUT2D eigenvalue weighted by Crippen LogP contribution is -2.26. The standard InChI is InChI=1S/C34H38N2.C12H13N/c1-6-8-17-32(23-27(7-2)33-18-10-9-13-24(33)3)36-26(5)28-14-11-15-29(21-28)31-20-25(4)34-30(22-31)16-12-19-35-34;1-13-9-11-7-4-6-10-5-2-3-8-12(10)11/h7-18,20-22,32,35-36H,5-6,19,23H2,1-4H3;2-8,13H,9H2,1H3/b17-8+,27-7-;. The molecule has 0 saturated heterocycles. The van der Waals surface area contributed by atoms with Gasteiger partial charge in [-0.15, -0.1) is 0 Å². The topological polar surface area (TPSA) is 36.1 Å². The second kappa shape index (κ2) is 17.3. The molecule has 6 rings (SSSR count). The van der Waals surface area contributed by atoms with Crippen molar-refractivity contribution in [1.29, 1.82) is 0 Å². The normalized spacial score (nSPS) is 13.0. The summed E-state index contributed by atoms with van der Waals surface area (Å²) in [5, 5.41) is 13.0. The zero-order valence-corrected chi connectivity index (χ0v) is 29.8. The van der Waals surface area contributed by atoms with Crippen LogP contribution in [0.2, 0.25) is 0 Å². The van der Waals surface area contributed by atoms with Crippen molar-refractivity contribution in [2.75, 3.05) is 18.9 Å². The molecular formula is C46H51N3. The molecule has 1 heterocycles. The molecule has 1 unspecified atom stereocenters. The average Bonchev–Trinajstić information content (AvgIpc) is 3.13. The number of rotatable bonds is 11. The summed E-state index contributed by atoms with van der Waals surface area (Å²) in [5.41, 5.74) is 13.6. The number of aryl methyl sites for hydroxylation is 2. The van der Waals surface area contributed by atoms with E-state index >= 15 is 0 Å². The summed E-state index contributed by atoms with van der Waals surface area (Å²) in [4.78, 5) is 0. The molecule has 0 amide bonds. The van der Waals surface area contributed by atoms with Gasteiger partial charge in [0.05, 0.1) is 0 Å². The minimum Gasteiger partial charge on any atom is -0.381 e. The van der Waals surface area contributed by atoms with E-state index in [0.29, 0.717) is 0 Å². The number of fused-ring (bicyclic) bond motifs is 2. The lowest BCUT2D eigenvalue weighted by Gasteiger charge is -2.22. The summed E-state index contributed by atoms with van der Waals surface area (Å²) in [6.07, 6.45) is 13.1. The highest BCUT2D eigenvalue weighted by Crippen LogP contribution is 2.32. The average molecular weight is 646 g/mol. The van der Waals surface area contributed by atoms with Gasteiger partial charge in [-0.05, 0) is 120 Å². The third-order valence-corrected chi connectivity index (χ3v) is 9.09. The van der Waals surface area contributed by atoms with Crippen molar-refractivity contribution in [3.63, 3.8) is 0 Å². The van der Waals surface area contributed by atoms with Crippen LogP contribution >= 0.6 is 0 Å². The molecule has 3 nitrogen and oxygen atoms in total. The van der Waals surface area contributed by atoms with Gasteiger partial charge in [-0.2, -0.15) is 0 Å². The van der Waals surface area contributed by atoms with Crippen molar-refractivity contribution >= 4 is 33.8 Å². The second-order valence-electron chi connectivity index (χ2n) is 12.7. The molecule has 0 aliphatic carbocycles. The Hall–Kier alpha value is -5.12. The summed E-state index contributed by atoms with van der Waals surface area (Å²) in [5.74, 6) is 0. The Morgan fingerprint density at radius 3 is 2.45 bits per heavy atom. The first-order chi connectivity index (χ1) is 23.9. The van der Waals surface area contributed by atoms with Gasteiger partial charge in [-0.25, -0.2) is 0 Å². The number of hydrogen-bond donors (Lipinski definition) is 3. The zero-order chi connectivity index (χ0) is 34.6. The Bertz CT molecular complexity index is 1970. The van der Waals surface area contributed by atoms with E-state index in [0.717, 1.165) is 37.2 Å². The van der Waals surface area contributed by atoms with Crippen LogP contribution in [0.1, 0.15) is 60.1 Å². The number of anilines is 1. The van der Waals surface area contributed by atoms with Crippen molar-refractivity contribution in [2.45, 2.75) is 53.1 Å². The highest BCUT2D eigenvalue weighted by molar-refractivity contribution is 5.85. The lowest BCUT2D eigenvalue weighted by atomic mass is 9.93. The predicted molar refractivity (Wildman–Crippen MR) is 216 cm³/mol. The van der Waals surface area contributed by atoms with Crippen LogP contribution in [-0.2, 0) is 6.54 Å². The first-order valence-corrected chi connectivity index (χ1v) is 17.5. The highest BCUT2D eigenvalue weighted by Gasteiger charge is 2.14. The van der Waals surface area contributed by atoms with Crippen LogP contribution in [0, 0.1) is 13.8 Å². The second-order valence-corrected chi connectivity index (χ2v) is 12.7. The zero-order valence-electron chi connectivity index (χ0n) is 29.8. The molecule has 3 heteroatoms. The monoisotopic (exact) mass is 645 g/mol. The maximum absolute atomic E-state index is 4.43. The fourth-order valence-corrected chi connectivity index (χ4v) is 6.55. The summed E-state index contributed by atoms with van der Waals surface area (Å²) in [6.45, 7) is 14.9. The molecule has 0 saturated carbocycles. The molecule has 1 atom stereocenters. The van der Waals surface area contributed by atoms with E-state index in [1.165, 1.54) is 61.0 Å². The predicted octanol–water partition coefficient (Wildman–Crippen LogP) is 11.4. The number of allylic oxidation sites excluding steroid dienone is 2. The van der Waals surface area contributed by atoms with E-state index in [-0.39, 0.29) is 6.04 Å². The molecular weight excluding hydrogens is 595 g/mol. The SMILES string of the molecule is C=C(NC(/C=C/CC)C/C(=C/C)c1ccccc1C)c1cccc(-c2cc(C)c3c(c2)C=CCN3)c1.CNCc1cccc2ccccc12. The van der Waals surface area contributed by atoms with Crippen molar-refractivity contribution in [2.24, 2.45) is 0 Å². The van der Waals surface area contributed by atoms with Gasteiger partial charge in [0.1, 0.15) is 0 Å². The fraction of sp³-hybridized carbons (Fsp3) is 0.217. The molecule has 1 aliphatic rings. The molecule has 0 fully saturated rings. The van der Waals surface area contributed by atoms with E-state index < -0.39 is 0 Å². The molecule has 0 aromatic heterocycles. The third kappa shape index (κ3) is 9.07. The van der Waals surface area contributed by atoms with E-state index in [4.69, 9.17) is 0 Å². The Balaban J connectivity index is 0.000000299. The maximum Gasteiger partial charge on any atom is 0.0484 e. The van der Waals surface area contributed by atoms with Gasteiger partial charge in [-0.3, -0.25) is 0 Å². The van der Waals surface area contributed by atoms with Crippen molar-refractivity contribution in [3.05, 3.63) is 167 Å². The van der Waals surface area contributed by atoms with Gasteiger partial charge >= 0.3 is 0 Å². The number of hydrogen-bond acceptors (Lipinski definition) is 3. The number of benzene rings is 5. The molecule has 1 aliphatic heterocycles. The smallest absolute Gasteiger partial charge is 0.0484 e. The van der Waals surface area contributed by atoms with Crippen LogP contribution in [0.4, 0.5) is 5.69 Å². The van der Waals surface area contributed by atoms with E-state index in [2.05, 4.69) is 184 Å². The first-order valence-electron chi connectivity index (χ1n) is 17.5. The molecule has 0 bridgehead atoms. The van der Waals surface area contributed by atoms with Gasteiger partial charge in [0, 0.05) is 30.5 Å². The van der Waals surface area contributed by atoms with E-state index in [1.807, 2.05) is 7.05 Å². The summed E-state index contributed by atoms with van der Waals surface area (Å²) in [6, 6.07) is 36.9. The van der Waals surface area contributed by atoms with Crippen LogP contribution in [0.3, 0.4) is 0 Å². The van der Waals surface area contributed by atoms with E-state index in [1.54, 1.807) is 0 Å². The Morgan fingerprint density at radius 2 is 1.65 bits per heavy atom. The number of nitrogens with one attached hydrogen (secondary N) is 3. The summed E-state index contributed by atoms with van der Waals surface area (Å²) < 4.78 is 0. The largest absolute Gasteiger partial charge is 0.381 e. The van der Waals surface area contributed by atoms with Crippen molar-refractivity contribution in [1.82, 2.24) is 10.6 Å². The van der Waals surface area contributed by atoms with Crippen LogP contribution in [0.25, 0.3) is 39.2 Å². The highest BCUT2D eigenvalue weighted by atomic mass is 14.9. The molecule has 0 radical (unpaired) electrons. The van der Waals surface area contributed by atoms with Crippen molar-refractivity contribution in [3.8, 4) is 11.1 Å². The Morgan fingerprint density at radius 1 is 0.878 bits per heavy atom. The third-order valence-electron chi connectivity index (χ3n) is 9.09. The van der Waals surface area contributed by atoms with Crippen LogP contribution in [-0.4, -0.2) is 19.6 Å². The van der Waals surface area contributed by atoms with E-state index in [9.17, 15) is 0 Å². The maximum atomic E-state index is 4.43. The minimum absolute atomic E-state index is 0.161. The molecule has 5 aromatic rings. The van der Waals surface area contributed by atoms with Crippen LogP contribution < -0.4 is 16.0 Å². The quantitative estimate of drug-likeness (QED) is 0.125. The van der Waals surface area contributed by atoms with Gasteiger partial charge < -0.3 is 16.0 Å². The Kier molecular flexibility index (Phi) is 12.4. The fourth-order valence-electron chi connectivity index (χ4n) is 6.55. The Labute approximate surface area is 294 Å². The van der Waals surface area contributed by atoms with Crippen LogP contribution in [0.5, 0.6) is 0 Å². The molecule has 3 N–H and O–H groups in total. The molecule has 250 valence electrons.